The van der Waals surface area contributed by atoms with E-state index in [4.69, 9.17) is 11.6 Å². The number of halogens is 3. The Morgan fingerprint density at radius 3 is 2.73 bits per heavy atom. The lowest BCUT2D eigenvalue weighted by Gasteiger charge is -2.10. The molecule has 6 nitrogen and oxygen atoms in total. The average molecular weight is 352 g/mol. The molecule has 2 rings (SSSR count). The molecule has 1 aromatic carbocycles. The number of ether oxygens (including phenoxy) is 1. The van der Waals surface area contributed by atoms with Gasteiger partial charge in [0, 0.05) is 12.7 Å². The van der Waals surface area contributed by atoms with E-state index in [1.54, 1.807) is 0 Å². The van der Waals surface area contributed by atoms with E-state index < -0.39 is 16.6 Å². The molecule has 0 spiro atoms. The molecule has 1 heterocycles. The smallest absolute Gasteiger partial charge is 0.387 e. The summed E-state index contributed by atoms with van der Waals surface area (Å²) in [6.45, 7) is -0.667. The minimum absolute atomic E-state index is 0.0154. The summed E-state index contributed by atoms with van der Waals surface area (Å²) < 4.78 is 56.5. The second kappa shape index (κ2) is 6.49. The summed E-state index contributed by atoms with van der Waals surface area (Å²) in [6, 6.07) is 3.61. The molecule has 0 aliphatic heterocycles. The molecule has 0 aliphatic carbocycles. The molecule has 120 valence electrons. The predicted molar refractivity (Wildman–Crippen MR) is 76.8 cm³/mol. The van der Waals surface area contributed by atoms with Gasteiger partial charge in [-0.1, -0.05) is 11.6 Å². The van der Waals surface area contributed by atoms with E-state index in [9.17, 15) is 17.2 Å². The molecule has 0 aliphatic rings. The summed E-state index contributed by atoms with van der Waals surface area (Å²) >= 11 is 5.77. The fraction of sp³-hybridized carbons (Fsp3) is 0.250. The van der Waals surface area contributed by atoms with Crippen LogP contribution in [-0.4, -0.2) is 24.8 Å². The Morgan fingerprint density at radius 2 is 2.18 bits per heavy atom. The summed E-state index contributed by atoms with van der Waals surface area (Å²) in [7, 11) is -3.84. The highest BCUT2D eigenvalue weighted by molar-refractivity contribution is 7.92. The van der Waals surface area contributed by atoms with Gasteiger partial charge in [0.1, 0.15) is 10.6 Å². The summed E-state index contributed by atoms with van der Waals surface area (Å²) in [5.41, 5.74) is 0.121. The van der Waals surface area contributed by atoms with E-state index in [2.05, 4.69) is 14.6 Å². The van der Waals surface area contributed by atoms with Crippen LogP contribution < -0.4 is 9.46 Å². The Hall–Kier alpha value is -1.87. The summed E-state index contributed by atoms with van der Waals surface area (Å²) in [5, 5.41) is 3.74. The quantitative estimate of drug-likeness (QED) is 0.868. The number of hydrogen-bond acceptors (Lipinski definition) is 4. The Bertz CT molecular complexity index is 765. The number of benzene rings is 1. The molecule has 0 amide bonds. The van der Waals surface area contributed by atoms with Crippen LogP contribution in [0.1, 0.15) is 6.92 Å². The van der Waals surface area contributed by atoms with Crippen LogP contribution in [0.3, 0.4) is 0 Å². The number of aromatic nitrogens is 2. The normalized spacial score (nSPS) is 11.7. The Balaban J connectivity index is 2.21. The van der Waals surface area contributed by atoms with Crippen molar-refractivity contribution in [2.24, 2.45) is 0 Å². The van der Waals surface area contributed by atoms with E-state index in [1.807, 2.05) is 6.92 Å². The Labute approximate surface area is 130 Å². The molecule has 1 N–H and O–H groups in total. The minimum atomic E-state index is -3.84. The van der Waals surface area contributed by atoms with Crippen molar-refractivity contribution in [3.63, 3.8) is 0 Å². The Kier molecular flexibility index (Phi) is 4.87. The third-order valence-corrected chi connectivity index (χ3v) is 4.28. The SMILES string of the molecule is CCn1cc(S(=O)(=O)Nc2ccc(OC(F)F)c(Cl)c2)cn1. The molecule has 0 bridgehead atoms. The van der Waals surface area contributed by atoms with Crippen molar-refractivity contribution in [2.45, 2.75) is 25.0 Å². The molecule has 0 radical (unpaired) electrons. The minimum Gasteiger partial charge on any atom is -0.433 e. The number of rotatable bonds is 6. The van der Waals surface area contributed by atoms with Gasteiger partial charge in [-0.15, -0.1) is 0 Å². The van der Waals surface area contributed by atoms with E-state index in [1.165, 1.54) is 29.2 Å². The van der Waals surface area contributed by atoms with Gasteiger partial charge in [-0.25, -0.2) is 8.42 Å². The zero-order valence-electron chi connectivity index (χ0n) is 11.3. The molecule has 0 saturated carbocycles. The van der Waals surface area contributed by atoms with Crippen LogP contribution >= 0.6 is 11.6 Å². The molecular weight excluding hydrogens is 340 g/mol. The predicted octanol–water partition coefficient (Wildman–Crippen LogP) is 2.96. The van der Waals surface area contributed by atoms with Crippen molar-refractivity contribution in [2.75, 3.05) is 4.72 Å². The fourth-order valence-electron chi connectivity index (χ4n) is 1.63. The van der Waals surface area contributed by atoms with Crippen molar-refractivity contribution >= 4 is 27.3 Å². The third kappa shape index (κ3) is 3.86. The summed E-state index contributed by atoms with van der Waals surface area (Å²) in [5.74, 6) is -0.238. The van der Waals surface area contributed by atoms with Crippen LogP contribution in [0.25, 0.3) is 0 Å². The molecular formula is C12H12ClF2N3O3S. The zero-order valence-corrected chi connectivity index (χ0v) is 12.9. The second-order valence-electron chi connectivity index (χ2n) is 4.16. The van der Waals surface area contributed by atoms with Gasteiger partial charge in [-0.05, 0) is 25.1 Å². The van der Waals surface area contributed by atoms with Gasteiger partial charge in [-0.3, -0.25) is 9.40 Å². The number of nitrogens with one attached hydrogen (secondary N) is 1. The van der Waals surface area contributed by atoms with E-state index in [0.717, 1.165) is 6.07 Å². The van der Waals surface area contributed by atoms with Gasteiger partial charge in [-0.2, -0.15) is 13.9 Å². The molecule has 0 atom stereocenters. The van der Waals surface area contributed by atoms with E-state index in [-0.39, 0.29) is 21.4 Å². The molecule has 10 heteroatoms. The first-order valence-electron chi connectivity index (χ1n) is 6.11. The number of aryl methyl sites for hydroxylation is 1. The summed E-state index contributed by atoms with van der Waals surface area (Å²) in [4.78, 5) is -0.0154. The number of alkyl halides is 2. The third-order valence-electron chi connectivity index (χ3n) is 2.64. The number of nitrogens with zero attached hydrogens (tertiary/aromatic N) is 2. The number of anilines is 1. The first-order valence-corrected chi connectivity index (χ1v) is 7.97. The lowest BCUT2D eigenvalue weighted by Crippen LogP contribution is -2.12. The lowest BCUT2D eigenvalue weighted by atomic mass is 10.3. The molecule has 0 unspecified atom stereocenters. The molecule has 2 aromatic rings. The van der Waals surface area contributed by atoms with Gasteiger partial charge in [0.15, 0.2) is 0 Å². The van der Waals surface area contributed by atoms with Crippen molar-refractivity contribution in [3.05, 3.63) is 35.6 Å². The van der Waals surface area contributed by atoms with Crippen molar-refractivity contribution < 1.29 is 21.9 Å². The number of hydrogen-bond donors (Lipinski definition) is 1. The average Bonchev–Trinajstić information content (AvgIpc) is 2.91. The maximum Gasteiger partial charge on any atom is 0.387 e. The first-order chi connectivity index (χ1) is 10.3. The van der Waals surface area contributed by atoms with Crippen LogP contribution in [0, 0.1) is 0 Å². The van der Waals surface area contributed by atoms with Gasteiger partial charge in [0.05, 0.1) is 16.9 Å². The first kappa shape index (κ1) is 16.5. The standard InChI is InChI=1S/C12H12ClF2N3O3S/c1-2-18-7-9(6-16-18)22(19,20)17-8-3-4-11(10(13)5-8)21-12(14)15/h3-7,12,17H,2H2,1H3. The monoisotopic (exact) mass is 351 g/mol. The van der Waals surface area contributed by atoms with Crippen molar-refractivity contribution in [1.82, 2.24) is 9.78 Å². The topological polar surface area (TPSA) is 73.2 Å². The summed E-state index contributed by atoms with van der Waals surface area (Å²) in [6.07, 6.45) is 2.58. The highest BCUT2D eigenvalue weighted by Crippen LogP contribution is 2.29. The Morgan fingerprint density at radius 1 is 1.45 bits per heavy atom. The van der Waals surface area contributed by atoms with Crippen LogP contribution in [-0.2, 0) is 16.6 Å². The largest absolute Gasteiger partial charge is 0.433 e. The molecule has 0 fully saturated rings. The van der Waals surface area contributed by atoms with Gasteiger partial charge >= 0.3 is 6.61 Å². The lowest BCUT2D eigenvalue weighted by molar-refractivity contribution is -0.0497. The van der Waals surface area contributed by atoms with Crippen molar-refractivity contribution in [1.29, 1.82) is 0 Å². The van der Waals surface area contributed by atoms with Crippen LogP contribution in [0.2, 0.25) is 5.02 Å². The zero-order chi connectivity index (χ0) is 16.3. The van der Waals surface area contributed by atoms with Crippen LogP contribution in [0.15, 0.2) is 35.5 Å². The highest BCUT2D eigenvalue weighted by atomic mass is 35.5. The van der Waals surface area contributed by atoms with E-state index >= 15 is 0 Å². The van der Waals surface area contributed by atoms with Crippen LogP contribution in [0.4, 0.5) is 14.5 Å². The van der Waals surface area contributed by atoms with Crippen molar-refractivity contribution in [3.8, 4) is 5.75 Å². The maximum absolute atomic E-state index is 12.1. The fourth-order valence-corrected chi connectivity index (χ4v) is 2.85. The molecule has 0 saturated heterocycles. The second-order valence-corrected chi connectivity index (χ2v) is 6.25. The molecule has 22 heavy (non-hydrogen) atoms. The number of sulfonamides is 1. The van der Waals surface area contributed by atoms with Gasteiger partial charge < -0.3 is 4.74 Å². The maximum atomic E-state index is 12.1. The van der Waals surface area contributed by atoms with E-state index in [0.29, 0.717) is 6.54 Å². The van der Waals surface area contributed by atoms with Gasteiger partial charge in [0.25, 0.3) is 10.0 Å². The molecule has 1 aromatic heterocycles. The van der Waals surface area contributed by atoms with Gasteiger partial charge in [0.2, 0.25) is 0 Å². The highest BCUT2D eigenvalue weighted by Gasteiger charge is 2.17. The van der Waals surface area contributed by atoms with Crippen LogP contribution in [0.5, 0.6) is 5.75 Å².